The Balaban J connectivity index is 1.77. The maximum atomic E-state index is 4.94. The van der Waals surface area contributed by atoms with Gasteiger partial charge in [0.2, 0.25) is 0 Å². The summed E-state index contributed by atoms with van der Waals surface area (Å²) in [5.41, 5.74) is 3.65. The van der Waals surface area contributed by atoms with E-state index in [1.807, 2.05) is 18.3 Å². The fraction of sp³-hybridized carbons (Fsp3) is 0.500. The zero-order chi connectivity index (χ0) is 14.9. The van der Waals surface area contributed by atoms with Gasteiger partial charge in [0.1, 0.15) is 5.82 Å². The molecule has 0 atom stereocenters. The Labute approximate surface area is 131 Å². The van der Waals surface area contributed by atoms with Crippen molar-refractivity contribution in [3.8, 4) is 11.4 Å². The summed E-state index contributed by atoms with van der Waals surface area (Å²) in [5.74, 6) is 2.88. The number of rotatable bonds is 5. The number of anilines is 1. The van der Waals surface area contributed by atoms with Crippen LogP contribution < -0.4 is 4.90 Å². The molecule has 114 valence electrons. The van der Waals surface area contributed by atoms with Crippen molar-refractivity contribution in [1.82, 2.24) is 15.0 Å². The predicted octanol–water partition coefficient (Wildman–Crippen LogP) is 3.26. The summed E-state index contributed by atoms with van der Waals surface area (Å²) in [6, 6.07) is 4.00. The maximum absolute atomic E-state index is 4.94. The highest BCUT2D eigenvalue weighted by Crippen LogP contribution is 2.35. The molecular weight excluding hydrogens is 272 g/mol. The SMILES string of the molecule is CCN(CC1CC1)c1nc(-c2cccnc2)nc2c1CCC2. The van der Waals surface area contributed by atoms with Gasteiger partial charge < -0.3 is 4.90 Å². The average molecular weight is 294 g/mol. The van der Waals surface area contributed by atoms with E-state index in [9.17, 15) is 0 Å². The molecule has 2 aromatic rings. The van der Waals surface area contributed by atoms with Crippen molar-refractivity contribution in [3.05, 3.63) is 35.8 Å². The van der Waals surface area contributed by atoms with Gasteiger partial charge in [-0.15, -0.1) is 0 Å². The molecule has 4 heteroatoms. The first-order valence-electron chi connectivity index (χ1n) is 8.40. The Bertz CT molecular complexity index is 664. The van der Waals surface area contributed by atoms with Crippen molar-refractivity contribution in [3.63, 3.8) is 0 Å². The fourth-order valence-electron chi connectivity index (χ4n) is 3.28. The van der Waals surface area contributed by atoms with Crippen molar-refractivity contribution in [2.45, 2.75) is 39.0 Å². The number of hydrogen-bond donors (Lipinski definition) is 0. The van der Waals surface area contributed by atoms with Gasteiger partial charge in [0, 0.05) is 42.3 Å². The van der Waals surface area contributed by atoms with Crippen molar-refractivity contribution < 1.29 is 0 Å². The van der Waals surface area contributed by atoms with E-state index in [2.05, 4.69) is 16.8 Å². The van der Waals surface area contributed by atoms with Gasteiger partial charge in [-0.1, -0.05) is 0 Å². The Morgan fingerprint density at radius 1 is 1.23 bits per heavy atom. The molecule has 0 bridgehead atoms. The van der Waals surface area contributed by atoms with Gasteiger partial charge in [0.25, 0.3) is 0 Å². The fourth-order valence-corrected chi connectivity index (χ4v) is 3.28. The molecular formula is C18H22N4. The lowest BCUT2D eigenvalue weighted by Gasteiger charge is -2.24. The summed E-state index contributed by atoms with van der Waals surface area (Å²) in [7, 11) is 0. The molecule has 0 unspecified atom stereocenters. The molecule has 0 spiro atoms. The summed E-state index contributed by atoms with van der Waals surface area (Å²) >= 11 is 0. The van der Waals surface area contributed by atoms with Crippen LogP contribution in [0.4, 0.5) is 5.82 Å². The molecule has 0 N–H and O–H groups in total. The molecule has 2 aromatic heterocycles. The molecule has 4 rings (SSSR count). The van der Waals surface area contributed by atoms with Crippen LogP contribution in [0.2, 0.25) is 0 Å². The lowest BCUT2D eigenvalue weighted by molar-refractivity contribution is 0.726. The van der Waals surface area contributed by atoms with Crippen molar-refractivity contribution in [2.24, 2.45) is 5.92 Å². The van der Waals surface area contributed by atoms with Crippen LogP contribution in [-0.4, -0.2) is 28.0 Å². The predicted molar refractivity (Wildman–Crippen MR) is 87.9 cm³/mol. The van der Waals surface area contributed by atoms with E-state index in [-0.39, 0.29) is 0 Å². The van der Waals surface area contributed by atoms with Crippen molar-refractivity contribution in [1.29, 1.82) is 0 Å². The first-order chi connectivity index (χ1) is 10.8. The van der Waals surface area contributed by atoms with E-state index in [0.717, 1.165) is 43.2 Å². The summed E-state index contributed by atoms with van der Waals surface area (Å²) < 4.78 is 0. The topological polar surface area (TPSA) is 41.9 Å². The Kier molecular flexibility index (Phi) is 3.53. The second-order valence-electron chi connectivity index (χ2n) is 6.37. The van der Waals surface area contributed by atoms with Gasteiger partial charge >= 0.3 is 0 Å². The minimum absolute atomic E-state index is 0.831. The third kappa shape index (κ3) is 2.58. The highest BCUT2D eigenvalue weighted by atomic mass is 15.2. The number of aromatic nitrogens is 3. The van der Waals surface area contributed by atoms with Crippen LogP contribution in [0.1, 0.15) is 37.4 Å². The Morgan fingerprint density at radius 3 is 2.86 bits per heavy atom. The van der Waals surface area contributed by atoms with E-state index >= 15 is 0 Å². The number of nitrogens with zero attached hydrogens (tertiary/aromatic N) is 4. The van der Waals surface area contributed by atoms with Gasteiger partial charge in [0.05, 0.1) is 0 Å². The van der Waals surface area contributed by atoms with Crippen LogP contribution in [0, 0.1) is 5.92 Å². The van der Waals surface area contributed by atoms with Gasteiger partial charge in [-0.3, -0.25) is 4.98 Å². The van der Waals surface area contributed by atoms with Crippen LogP contribution in [-0.2, 0) is 12.8 Å². The van der Waals surface area contributed by atoms with Crippen LogP contribution in [0.15, 0.2) is 24.5 Å². The van der Waals surface area contributed by atoms with Gasteiger partial charge in [-0.2, -0.15) is 0 Å². The lowest BCUT2D eigenvalue weighted by Crippen LogP contribution is -2.27. The van der Waals surface area contributed by atoms with Gasteiger partial charge in [-0.25, -0.2) is 9.97 Å². The third-order valence-corrected chi connectivity index (χ3v) is 4.69. The first-order valence-corrected chi connectivity index (χ1v) is 8.40. The van der Waals surface area contributed by atoms with Crippen molar-refractivity contribution >= 4 is 5.82 Å². The molecule has 2 heterocycles. The molecule has 0 radical (unpaired) electrons. The Morgan fingerprint density at radius 2 is 2.14 bits per heavy atom. The van der Waals surface area contributed by atoms with E-state index in [1.165, 1.54) is 36.3 Å². The second-order valence-corrected chi connectivity index (χ2v) is 6.37. The normalized spacial score (nSPS) is 16.6. The molecule has 4 nitrogen and oxygen atoms in total. The molecule has 2 aliphatic rings. The molecule has 0 aromatic carbocycles. The smallest absolute Gasteiger partial charge is 0.163 e. The summed E-state index contributed by atoms with van der Waals surface area (Å²) in [6.07, 6.45) is 9.81. The zero-order valence-corrected chi connectivity index (χ0v) is 13.1. The number of fused-ring (bicyclic) bond motifs is 1. The zero-order valence-electron chi connectivity index (χ0n) is 13.1. The molecule has 0 saturated heterocycles. The number of hydrogen-bond acceptors (Lipinski definition) is 4. The summed E-state index contributed by atoms with van der Waals surface area (Å²) in [5, 5.41) is 0. The van der Waals surface area contributed by atoms with Crippen LogP contribution >= 0.6 is 0 Å². The second kappa shape index (κ2) is 5.67. The van der Waals surface area contributed by atoms with E-state index < -0.39 is 0 Å². The third-order valence-electron chi connectivity index (χ3n) is 4.69. The summed E-state index contributed by atoms with van der Waals surface area (Å²) in [4.78, 5) is 16.4. The lowest BCUT2D eigenvalue weighted by atomic mass is 10.2. The van der Waals surface area contributed by atoms with E-state index in [0.29, 0.717) is 0 Å². The molecule has 1 fully saturated rings. The number of pyridine rings is 1. The average Bonchev–Trinajstić information content (AvgIpc) is 3.26. The Hall–Kier alpha value is -1.97. The highest BCUT2D eigenvalue weighted by Gasteiger charge is 2.28. The summed E-state index contributed by atoms with van der Waals surface area (Å²) in [6.45, 7) is 4.40. The van der Waals surface area contributed by atoms with Crippen LogP contribution in [0.5, 0.6) is 0 Å². The molecule has 0 amide bonds. The minimum Gasteiger partial charge on any atom is -0.356 e. The molecule has 22 heavy (non-hydrogen) atoms. The highest BCUT2D eigenvalue weighted by molar-refractivity contribution is 5.60. The standard InChI is InChI=1S/C18H22N4/c1-2-22(12-13-8-9-13)18-15-6-3-7-16(15)20-17(21-18)14-5-4-10-19-11-14/h4-5,10-11,13H,2-3,6-9,12H2,1H3. The largest absolute Gasteiger partial charge is 0.356 e. The number of aryl methyl sites for hydroxylation is 1. The van der Waals surface area contributed by atoms with Crippen molar-refractivity contribution in [2.75, 3.05) is 18.0 Å². The van der Waals surface area contributed by atoms with E-state index in [4.69, 9.17) is 9.97 Å². The van der Waals surface area contributed by atoms with E-state index in [1.54, 1.807) is 6.20 Å². The quantitative estimate of drug-likeness (QED) is 0.849. The monoisotopic (exact) mass is 294 g/mol. The minimum atomic E-state index is 0.831. The maximum Gasteiger partial charge on any atom is 0.163 e. The van der Waals surface area contributed by atoms with Gasteiger partial charge in [0.15, 0.2) is 5.82 Å². The van der Waals surface area contributed by atoms with Gasteiger partial charge in [-0.05, 0) is 57.1 Å². The first kappa shape index (κ1) is 13.7. The molecule has 2 aliphatic carbocycles. The molecule has 0 aliphatic heterocycles. The molecule has 1 saturated carbocycles. The van der Waals surface area contributed by atoms with Crippen LogP contribution in [0.3, 0.4) is 0 Å². The van der Waals surface area contributed by atoms with Crippen LogP contribution in [0.25, 0.3) is 11.4 Å².